The third kappa shape index (κ3) is 1.92. The van der Waals surface area contributed by atoms with Gasteiger partial charge in [-0.3, -0.25) is 4.79 Å². The number of anilines is 1. The third-order valence-electron chi connectivity index (χ3n) is 3.97. The van der Waals surface area contributed by atoms with E-state index in [4.69, 9.17) is 4.74 Å². The predicted octanol–water partition coefficient (Wildman–Crippen LogP) is 2.69. The van der Waals surface area contributed by atoms with Gasteiger partial charge in [0.15, 0.2) is 0 Å². The van der Waals surface area contributed by atoms with Gasteiger partial charge in [-0.05, 0) is 25.0 Å². The lowest BCUT2D eigenvalue weighted by molar-refractivity contribution is -0.128. The Hall–Kier alpha value is -1.49. The second-order valence-electron chi connectivity index (χ2n) is 5.05. The van der Waals surface area contributed by atoms with Gasteiger partial charge in [0.1, 0.15) is 0 Å². The number of benzene rings is 1. The van der Waals surface area contributed by atoms with Crippen LogP contribution in [0.4, 0.5) is 5.69 Å². The Bertz CT molecular complexity index is 552. The van der Waals surface area contributed by atoms with E-state index in [1.54, 1.807) is 17.8 Å². The summed E-state index contributed by atoms with van der Waals surface area (Å²) in [5.74, 6) is 0.417. The number of esters is 1. The van der Waals surface area contributed by atoms with Crippen molar-refractivity contribution in [1.82, 2.24) is 0 Å². The summed E-state index contributed by atoms with van der Waals surface area (Å²) in [6.45, 7) is 0. The molecule has 3 rings (SSSR count). The average Bonchev–Trinajstić information content (AvgIpc) is 2.52. The summed E-state index contributed by atoms with van der Waals surface area (Å²) in [5, 5.41) is 2.94. The van der Waals surface area contributed by atoms with Crippen LogP contribution in [0.1, 0.15) is 29.6 Å². The van der Waals surface area contributed by atoms with E-state index in [2.05, 4.69) is 5.32 Å². The largest absolute Gasteiger partial charge is 0.465 e. The van der Waals surface area contributed by atoms with E-state index in [-0.39, 0.29) is 11.3 Å². The zero-order chi connectivity index (χ0) is 13.5. The van der Waals surface area contributed by atoms with E-state index in [9.17, 15) is 9.59 Å². The van der Waals surface area contributed by atoms with Gasteiger partial charge in [-0.1, -0.05) is 12.5 Å². The minimum atomic E-state index is -0.415. The number of hydrogen-bond acceptors (Lipinski definition) is 4. The van der Waals surface area contributed by atoms with Crippen LogP contribution in [0.15, 0.2) is 23.1 Å². The van der Waals surface area contributed by atoms with Crippen molar-refractivity contribution >= 4 is 29.3 Å². The summed E-state index contributed by atoms with van der Waals surface area (Å²) in [7, 11) is 1.35. The summed E-state index contributed by atoms with van der Waals surface area (Å²) in [4.78, 5) is 25.1. The first-order valence-corrected chi connectivity index (χ1v) is 7.30. The molecular weight excluding hydrogens is 262 g/mol. The number of nitrogens with one attached hydrogen (secondary N) is 1. The van der Waals surface area contributed by atoms with Crippen molar-refractivity contribution in [2.24, 2.45) is 5.41 Å². The average molecular weight is 277 g/mol. The van der Waals surface area contributed by atoms with Crippen LogP contribution in [0.2, 0.25) is 0 Å². The minimum absolute atomic E-state index is 0.0429. The first-order chi connectivity index (χ1) is 9.16. The zero-order valence-corrected chi connectivity index (χ0v) is 11.5. The van der Waals surface area contributed by atoms with Gasteiger partial charge in [0.2, 0.25) is 5.91 Å². The number of para-hydroxylation sites is 1. The Morgan fingerprint density at radius 3 is 2.84 bits per heavy atom. The molecule has 1 aromatic carbocycles. The first-order valence-electron chi connectivity index (χ1n) is 6.32. The molecule has 1 saturated carbocycles. The maximum Gasteiger partial charge on any atom is 0.340 e. The molecule has 1 spiro atoms. The highest BCUT2D eigenvalue weighted by Crippen LogP contribution is 2.49. The lowest BCUT2D eigenvalue weighted by Crippen LogP contribution is -2.43. The molecule has 1 amide bonds. The number of amides is 1. The summed E-state index contributed by atoms with van der Waals surface area (Å²) in [5.41, 5.74) is 0.794. The molecule has 5 heteroatoms. The van der Waals surface area contributed by atoms with Crippen molar-refractivity contribution in [3.63, 3.8) is 0 Å². The summed E-state index contributed by atoms with van der Waals surface area (Å²) in [6, 6.07) is 5.44. The van der Waals surface area contributed by atoms with Gasteiger partial charge < -0.3 is 10.1 Å². The molecule has 19 heavy (non-hydrogen) atoms. The molecule has 4 nitrogen and oxygen atoms in total. The molecule has 2 aliphatic rings. The van der Waals surface area contributed by atoms with E-state index in [1.165, 1.54) is 7.11 Å². The molecule has 0 saturated heterocycles. The number of thioether (sulfide) groups is 1. The standard InChI is InChI=1S/C14H15NO3S/c1-18-12(16)9-4-2-5-10-11(9)15-13(17)14(8-19-10)6-3-7-14/h2,4-5H,3,6-8H2,1H3,(H,15,17). The first kappa shape index (κ1) is 12.5. The fraction of sp³-hybridized carbons (Fsp3) is 0.429. The molecule has 100 valence electrons. The van der Waals surface area contributed by atoms with Crippen molar-refractivity contribution < 1.29 is 14.3 Å². The van der Waals surface area contributed by atoms with Gasteiger partial charge in [-0.15, -0.1) is 11.8 Å². The monoisotopic (exact) mass is 277 g/mol. The highest BCUT2D eigenvalue weighted by Gasteiger charge is 2.46. The molecule has 1 aliphatic heterocycles. The van der Waals surface area contributed by atoms with E-state index >= 15 is 0 Å². The molecule has 0 unspecified atom stereocenters. The molecule has 0 atom stereocenters. The van der Waals surface area contributed by atoms with E-state index in [0.717, 1.165) is 29.9 Å². The third-order valence-corrected chi connectivity index (χ3v) is 5.31. The topological polar surface area (TPSA) is 55.4 Å². The van der Waals surface area contributed by atoms with Crippen LogP contribution < -0.4 is 5.32 Å². The SMILES string of the molecule is COC(=O)c1cccc2c1NC(=O)C1(CCC1)CS2. The number of hydrogen-bond donors (Lipinski definition) is 1. The van der Waals surface area contributed by atoms with Gasteiger partial charge in [-0.2, -0.15) is 0 Å². The Morgan fingerprint density at radius 2 is 2.21 bits per heavy atom. The van der Waals surface area contributed by atoms with Crippen LogP contribution in [-0.2, 0) is 9.53 Å². The number of methoxy groups -OCH3 is 1. The number of carbonyl (C=O) groups excluding carboxylic acids is 2. The Balaban J connectivity index is 2.01. The van der Waals surface area contributed by atoms with E-state index in [1.807, 2.05) is 12.1 Å². The van der Waals surface area contributed by atoms with E-state index < -0.39 is 5.97 Å². The fourth-order valence-corrected chi connectivity index (χ4v) is 3.89. The molecular formula is C14H15NO3S. The van der Waals surface area contributed by atoms with Crippen LogP contribution in [0.5, 0.6) is 0 Å². The number of carbonyl (C=O) groups is 2. The van der Waals surface area contributed by atoms with Crippen molar-refractivity contribution in [2.45, 2.75) is 24.2 Å². The summed E-state index contributed by atoms with van der Waals surface area (Å²) < 4.78 is 4.77. The highest BCUT2D eigenvalue weighted by atomic mass is 32.2. The highest BCUT2D eigenvalue weighted by molar-refractivity contribution is 7.99. The normalized spacial score (nSPS) is 19.9. The van der Waals surface area contributed by atoms with Crippen LogP contribution in [-0.4, -0.2) is 24.7 Å². The molecule has 1 aliphatic carbocycles. The summed E-state index contributed by atoms with van der Waals surface area (Å²) >= 11 is 1.65. The van der Waals surface area contributed by atoms with Crippen LogP contribution in [0.25, 0.3) is 0 Å². The fourth-order valence-electron chi connectivity index (χ4n) is 2.56. The Morgan fingerprint density at radius 1 is 1.42 bits per heavy atom. The molecule has 1 aromatic rings. The number of fused-ring (bicyclic) bond motifs is 1. The summed E-state index contributed by atoms with van der Waals surface area (Å²) in [6.07, 6.45) is 2.98. The van der Waals surface area contributed by atoms with Crippen molar-refractivity contribution in [2.75, 3.05) is 18.2 Å². The van der Waals surface area contributed by atoms with Crippen molar-refractivity contribution in [1.29, 1.82) is 0 Å². The van der Waals surface area contributed by atoms with Crippen LogP contribution >= 0.6 is 11.8 Å². The number of ether oxygens (including phenoxy) is 1. The van der Waals surface area contributed by atoms with E-state index in [0.29, 0.717) is 11.3 Å². The lowest BCUT2D eigenvalue weighted by Gasteiger charge is -2.38. The molecule has 1 fully saturated rings. The minimum Gasteiger partial charge on any atom is -0.465 e. The number of rotatable bonds is 1. The van der Waals surface area contributed by atoms with Crippen molar-refractivity contribution in [3.8, 4) is 0 Å². The van der Waals surface area contributed by atoms with Gasteiger partial charge in [-0.25, -0.2) is 4.79 Å². The smallest absolute Gasteiger partial charge is 0.340 e. The quantitative estimate of drug-likeness (QED) is 0.802. The Labute approximate surface area is 115 Å². The second kappa shape index (κ2) is 4.56. The van der Waals surface area contributed by atoms with Crippen LogP contribution in [0, 0.1) is 5.41 Å². The predicted molar refractivity (Wildman–Crippen MR) is 73.4 cm³/mol. The maximum absolute atomic E-state index is 12.4. The molecule has 0 radical (unpaired) electrons. The molecule has 0 aromatic heterocycles. The maximum atomic E-state index is 12.4. The zero-order valence-electron chi connectivity index (χ0n) is 10.7. The van der Waals surface area contributed by atoms with Gasteiger partial charge in [0.25, 0.3) is 0 Å². The van der Waals surface area contributed by atoms with Crippen LogP contribution in [0.3, 0.4) is 0 Å². The second-order valence-corrected chi connectivity index (χ2v) is 6.06. The van der Waals surface area contributed by atoms with Gasteiger partial charge >= 0.3 is 5.97 Å². The molecule has 0 bridgehead atoms. The van der Waals surface area contributed by atoms with Gasteiger partial charge in [0, 0.05) is 10.6 Å². The lowest BCUT2D eigenvalue weighted by atomic mass is 9.69. The molecule has 1 heterocycles. The van der Waals surface area contributed by atoms with Gasteiger partial charge in [0.05, 0.1) is 23.8 Å². The van der Waals surface area contributed by atoms with Crippen molar-refractivity contribution in [3.05, 3.63) is 23.8 Å². The molecule has 1 N–H and O–H groups in total. The Kier molecular flexibility index (Phi) is 3.01.